The Balaban J connectivity index is 0.00000242. The largest absolute Gasteiger partial charge is 0.354 e. The summed E-state index contributed by atoms with van der Waals surface area (Å²) < 4.78 is 0. The molecule has 0 aromatic carbocycles. The Morgan fingerprint density at radius 2 is 1.91 bits per heavy atom. The summed E-state index contributed by atoms with van der Waals surface area (Å²) in [7, 11) is 0. The lowest BCUT2D eigenvalue weighted by Gasteiger charge is -2.43. The Hall–Kier alpha value is -0.0300. The van der Waals surface area contributed by atoms with Gasteiger partial charge in [-0.25, -0.2) is 0 Å². The third-order valence-electron chi connectivity index (χ3n) is 5.51. The molecule has 1 saturated carbocycles. The van der Waals surface area contributed by atoms with Crippen LogP contribution in [-0.4, -0.2) is 42.5 Å². The second kappa shape index (κ2) is 10.1. The van der Waals surface area contributed by atoms with Crippen LogP contribution < -0.4 is 11.1 Å². The van der Waals surface area contributed by atoms with Crippen molar-refractivity contribution >= 4 is 30.7 Å². The molecular weight excluding hydrogens is 333 g/mol. The molecular formula is C17H35Cl2N3O. The maximum atomic E-state index is 12.4. The number of amides is 1. The normalized spacial score (nSPS) is 28.6. The Bertz CT molecular complexity index is 366. The van der Waals surface area contributed by atoms with E-state index in [0.29, 0.717) is 12.5 Å². The Kier molecular flexibility index (Phi) is 10.1. The number of piperidine rings is 1. The molecule has 1 unspecified atom stereocenters. The zero-order valence-corrected chi connectivity index (χ0v) is 16.5. The van der Waals surface area contributed by atoms with E-state index in [-0.39, 0.29) is 42.2 Å². The summed E-state index contributed by atoms with van der Waals surface area (Å²) in [5, 5.41) is 3.21. The fourth-order valence-electron chi connectivity index (χ4n) is 3.95. The minimum atomic E-state index is 0. The van der Waals surface area contributed by atoms with Crippen molar-refractivity contribution in [2.75, 3.05) is 26.2 Å². The highest BCUT2D eigenvalue weighted by atomic mass is 35.5. The predicted octanol–water partition coefficient (Wildman–Crippen LogP) is 2.83. The molecule has 1 amide bonds. The number of nitrogens with one attached hydrogen (secondary N) is 1. The minimum Gasteiger partial charge on any atom is -0.354 e. The van der Waals surface area contributed by atoms with E-state index < -0.39 is 0 Å². The third-order valence-corrected chi connectivity index (χ3v) is 5.51. The molecule has 2 aliphatic rings. The highest BCUT2D eigenvalue weighted by Gasteiger charge is 2.34. The summed E-state index contributed by atoms with van der Waals surface area (Å²) in [6, 6.07) is 0. The van der Waals surface area contributed by atoms with Gasteiger partial charge >= 0.3 is 0 Å². The highest BCUT2D eigenvalue weighted by molar-refractivity contribution is 5.85. The molecule has 3 N–H and O–H groups in total. The third kappa shape index (κ3) is 6.08. The number of carbonyl (C=O) groups is 1. The van der Waals surface area contributed by atoms with Crippen LogP contribution in [0.1, 0.15) is 52.9 Å². The summed E-state index contributed by atoms with van der Waals surface area (Å²) in [5.41, 5.74) is 5.83. The van der Waals surface area contributed by atoms with E-state index in [0.717, 1.165) is 44.8 Å². The standard InChI is InChI=1S/C17H33N3O.2ClH/c1-13-6-5-9-20(11-13)17(2,3)12-19-16(21)15-8-4-7-14(15)10-18;;/h13-15H,4-12,18H2,1-3H3,(H,19,21);2*1H/t13?,14-,15-;;/m1../s1. The summed E-state index contributed by atoms with van der Waals surface area (Å²) in [5.74, 6) is 1.53. The van der Waals surface area contributed by atoms with Crippen molar-refractivity contribution in [1.82, 2.24) is 10.2 Å². The zero-order valence-electron chi connectivity index (χ0n) is 14.8. The van der Waals surface area contributed by atoms with Crippen LogP contribution in [-0.2, 0) is 4.79 Å². The lowest BCUT2D eigenvalue weighted by Crippen LogP contribution is -2.55. The molecule has 2 rings (SSSR count). The first-order valence-electron chi connectivity index (χ1n) is 8.67. The molecule has 0 bridgehead atoms. The molecule has 0 aromatic rings. The Morgan fingerprint density at radius 1 is 1.22 bits per heavy atom. The van der Waals surface area contributed by atoms with E-state index in [1.807, 2.05) is 0 Å². The molecule has 4 nitrogen and oxygen atoms in total. The first-order chi connectivity index (χ1) is 9.94. The molecule has 0 spiro atoms. The molecule has 0 aromatic heterocycles. The van der Waals surface area contributed by atoms with Gasteiger partial charge in [0.15, 0.2) is 0 Å². The Labute approximate surface area is 154 Å². The summed E-state index contributed by atoms with van der Waals surface area (Å²) in [6.45, 7) is 10.5. The van der Waals surface area contributed by atoms with Gasteiger partial charge in [-0.05, 0) is 64.5 Å². The first kappa shape index (κ1) is 23.0. The number of carbonyl (C=O) groups excluding carboxylic acids is 1. The fourth-order valence-corrected chi connectivity index (χ4v) is 3.95. The van der Waals surface area contributed by atoms with Crippen molar-refractivity contribution in [3.05, 3.63) is 0 Å². The van der Waals surface area contributed by atoms with Gasteiger partial charge in [-0.3, -0.25) is 9.69 Å². The van der Waals surface area contributed by atoms with Gasteiger partial charge in [0, 0.05) is 24.5 Å². The van der Waals surface area contributed by atoms with Gasteiger partial charge in [-0.1, -0.05) is 13.3 Å². The van der Waals surface area contributed by atoms with E-state index in [2.05, 4.69) is 31.0 Å². The lowest BCUT2D eigenvalue weighted by molar-refractivity contribution is -0.126. The van der Waals surface area contributed by atoms with Crippen molar-refractivity contribution in [3.63, 3.8) is 0 Å². The van der Waals surface area contributed by atoms with E-state index in [4.69, 9.17) is 5.73 Å². The number of likely N-dealkylation sites (tertiary alicyclic amines) is 1. The number of hydrogen-bond donors (Lipinski definition) is 2. The van der Waals surface area contributed by atoms with Crippen molar-refractivity contribution in [2.24, 2.45) is 23.5 Å². The van der Waals surface area contributed by atoms with Gasteiger partial charge in [-0.15, -0.1) is 24.8 Å². The summed E-state index contributed by atoms with van der Waals surface area (Å²) >= 11 is 0. The van der Waals surface area contributed by atoms with Crippen molar-refractivity contribution < 1.29 is 4.79 Å². The molecule has 1 aliphatic carbocycles. The van der Waals surface area contributed by atoms with Gasteiger partial charge in [0.25, 0.3) is 0 Å². The molecule has 6 heteroatoms. The Morgan fingerprint density at radius 3 is 2.52 bits per heavy atom. The van der Waals surface area contributed by atoms with E-state index in [9.17, 15) is 4.79 Å². The molecule has 1 saturated heterocycles. The second-order valence-corrected chi connectivity index (χ2v) is 7.76. The van der Waals surface area contributed by atoms with Gasteiger partial charge in [0.05, 0.1) is 0 Å². The van der Waals surface area contributed by atoms with E-state index >= 15 is 0 Å². The van der Waals surface area contributed by atoms with Crippen LogP contribution in [0.4, 0.5) is 0 Å². The van der Waals surface area contributed by atoms with Crippen molar-refractivity contribution in [3.8, 4) is 0 Å². The van der Waals surface area contributed by atoms with E-state index in [1.165, 1.54) is 12.8 Å². The van der Waals surface area contributed by atoms with Crippen LogP contribution in [0.2, 0.25) is 0 Å². The van der Waals surface area contributed by atoms with Crippen LogP contribution in [0.3, 0.4) is 0 Å². The van der Waals surface area contributed by atoms with Gasteiger partial charge in [-0.2, -0.15) is 0 Å². The molecule has 138 valence electrons. The topological polar surface area (TPSA) is 58.4 Å². The smallest absolute Gasteiger partial charge is 0.223 e. The SMILES string of the molecule is CC1CCCN(C(C)(C)CNC(=O)[C@@H]2CCC[C@@H]2CN)C1.Cl.Cl. The van der Waals surface area contributed by atoms with Crippen LogP contribution >= 0.6 is 24.8 Å². The van der Waals surface area contributed by atoms with Crippen molar-refractivity contribution in [2.45, 2.75) is 58.4 Å². The molecule has 1 heterocycles. The van der Waals surface area contributed by atoms with E-state index in [1.54, 1.807) is 0 Å². The highest BCUT2D eigenvalue weighted by Crippen LogP contribution is 2.31. The minimum absolute atomic E-state index is 0. The number of nitrogens with zero attached hydrogens (tertiary/aromatic N) is 1. The predicted molar refractivity (Wildman–Crippen MR) is 101 cm³/mol. The van der Waals surface area contributed by atoms with Gasteiger partial charge in [0.2, 0.25) is 5.91 Å². The lowest BCUT2D eigenvalue weighted by atomic mass is 9.92. The first-order valence-corrected chi connectivity index (χ1v) is 8.67. The molecule has 0 radical (unpaired) electrons. The van der Waals surface area contributed by atoms with Gasteiger partial charge < -0.3 is 11.1 Å². The van der Waals surface area contributed by atoms with Crippen LogP contribution in [0.5, 0.6) is 0 Å². The average molecular weight is 368 g/mol. The number of halogens is 2. The summed E-state index contributed by atoms with van der Waals surface area (Å²) in [4.78, 5) is 15.0. The molecule has 3 atom stereocenters. The fraction of sp³-hybridized carbons (Fsp3) is 0.941. The average Bonchev–Trinajstić information content (AvgIpc) is 2.93. The monoisotopic (exact) mass is 367 g/mol. The zero-order chi connectivity index (χ0) is 15.5. The maximum Gasteiger partial charge on any atom is 0.223 e. The number of hydrogen-bond acceptors (Lipinski definition) is 3. The summed E-state index contributed by atoms with van der Waals surface area (Å²) in [6.07, 6.45) is 5.87. The van der Waals surface area contributed by atoms with Crippen LogP contribution in [0, 0.1) is 17.8 Å². The molecule has 23 heavy (non-hydrogen) atoms. The van der Waals surface area contributed by atoms with Crippen LogP contribution in [0.15, 0.2) is 0 Å². The van der Waals surface area contributed by atoms with Crippen molar-refractivity contribution in [1.29, 1.82) is 0 Å². The van der Waals surface area contributed by atoms with Gasteiger partial charge in [0.1, 0.15) is 0 Å². The molecule has 1 aliphatic heterocycles. The van der Waals surface area contributed by atoms with Crippen LogP contribution in [0.25, 0.3) is 0 Å². The maximum absolute atomic E-state index is 12.4. The number of nitrogens with two attached hydrogens (primary N) is 1. The second-order valence-electron chi connectivity index (χ2n) is 7.76. The number of rotatable bonds is 5. The molecule has 2 fully saturated rings. The quantitative estimate of drug-likeness (QED) is 0.785.